The van der Waals surface area contributed by atoms with E-state index in [2.05, 4.69) is 10.3 Å². The van der Waals surface area contributed by atoms with Crippen molar-refractivity contribution in [2.45, 2.75) is 25.4 Å². The molecule has 0 amide bonds. The summed E-state index contributed by atoms with van der Waals surface area (Å²) in [5, 5.41) is 3.15. The lowest BCUT2D eigenvalue weighted by molar-refractivity contribution is 0.0314. The SMILES string of the molecule is COC(=O)c1cc(N)cnc1NCC1(C)CCCO1. The largest absolute Gasteiger partial charge is 0.465 e. The second-order valence-electron chi connectivity index (χ2n) is 4.91. The summed E-state index contributed by atoms with van der Waals surface area (Å²) in [7, 11) is 1.33. The molecule has 1 unspecified atom stereocenters. The van der Waals surface area contributed by atoms with E-state index in [1.165, 1.54) is 13.3 Å². The summed E-state index contributed by atoms with van der Waals surface area (Å²) >= 11 is 0. The molecule has 0 aliphatic carbocycles. The molecule has 2 rings (SSSR count). The average Bonchev–Trinajstić information content (AvgIpc) is 2.83. The second-order valence-corrected chi connectivity index (χ2v) is 4.91. The molecular weight excluding hydrogens is 246 g/mol. The summed E-state index contributed by atoms with van der Waals surface area (Å²) in [6.07, 6.45) is 3.55. The Morgan fingerprint density at radius 2 is 2.47 bits per heavy atom. The Labute approximate surface area is 112 Å². The molecule has 1 aliphatic heterocycles. The Hall–Kier alpha value is -1.82. The predicted molar refractivity (Wildman–Crippen MR) is 72.1 cm³/mol. The highest BCUT2D eigenvalue weighted by Crippen LogP contribution is 2.26. The number of nitrogens with one attached hydrogen (secondary N) is 1. The standard InChI is InChI=1S/C13H19N3O3/c1-13(4-3-5-19-13)8-16-11-10(12(17)18-2)6-9(14)7-15-11/h6-7H,3-5,8,14H2,1-2H3,(H,15,16). The summed E-state index contributed by atoms with van der Waals surface area (Å²) in [5.74, 6) is 0.0116. The summed E-state index contributed by atoms with van der Waals surface area (Å²) < 4.78 is 10.4. The molecule has 1 saturated heterocycles. The normalized spacial score (nSPS) is 22.2. The fraction of sp³-hybridized carbons (Fsp3) is 0.538. The third kappa shape index (κ3) is 3.14. The molecule has 0 bridgehead atoms. The van der Waals surface area contributed by atoms with E-state index >= 15 is 0 Å². The van der Waals surface area contributed by atoms with Crippen molar-refractivity contribution in [1.82, 2.24) is 4.98 Å². The summed E-state index contributed by atoms with van der Waals surface area (Å²) in [6.45, 7) is 3.41. The maximum atomic E-state index is 11.7. The van der Waals surface area contributed by atoms with Gasteiger partial charge < -0.3 is 20.5 Å². The van der Waals surface area contributed by atoms with Crippen molar-refractivity contribution < 1.29 is 14.3 Å². The van der Waals surface area contributed by atoms with Gasteiger partial charge in [0.15, 0.2) is 0 Å². The topological polar surface area (TPSA) is 86.5 Å². The van der Waals surface area contributed by atoms with Crippen LogP contribution in [0.25, 0.3) is 0 Å². The van der Waals surface area contributed by atoms with Crippen LogP contribution in [0.2, 0.25) is 0 Å². The molecule has 104 valence electrons. The van der Waals surface area contributed by atoms with E-state index in [0.717, 1.165) is 19.4 Å². The lowest BCUT2D eigenvalue weighted by Gasteiger charge is -2.24. The first-order chi connectivity index (χ1) is 9.04. The van der Waals surface area contributed by atoms with E-state index in [1.54, 1.807) is 6.07 Å². The molecular formula is C13H19N3O3. The zero-order valence-electron chi connectivity index (χ0n) is 11.2. The van der Waals surface area contributed by atoms with Crippen LogP contribution < -0.4 is 11.1 Å². The van der Waals surface area contributed by atoms with Crippen LogP contribution in [-0.2, 0) is 9.47 Å². The minimum absolute atomic E-state index is 0.212. The second kappa shape index (κ2) is 5.44. The number of methoxy groups -OCH3 is 1. The van der Waals surface area contributed by atoms with Crippen molar-refractivity contribution in [3.63, 3.8) is 0 Å². The number of rotatable bonds is 4. The first kappa shape index (κ1) is 13.6. The Balaban J connectivity index is 2.13. The fourth-order valence-electron chi connectivity index (χ4n) is 2.13. The third-order valence-corrected chi connectivity index (χ3v) is 3.24. The number of nitrogens with two attached hydrogens (primary N) is 1. The molecule has 0 spiro atoms. The van der Waals surface area contributed by atoms with Crippen LogP contribution in [0.1, 0.15) is 30.1 Å². The number of hydrogen-bond donors (Lipinski definition) is 2. The van der Waals surface area contributed by atoms with Gasteiger partial charge in [-0.05, 0) is 25.8 Å². The number of ether oxygens (including phenoxy) is 2. The molecule has 3 N–H and O–H groups in total. The van der Waals surface area contributed by atoms with Gasteiger partial charge in [0.2, 0.25) is 0 Å². The Morgan fingerprint density at radius 3 is 3.11 bits per heavy atom. The van der Waals surface area contributed by atoms with Crippen LogP contribution in [0.15, 0.2) is 12.3 Å². The van der Waals surface area contributed by atoms with Gasteiger partial charge >= 0.3 is 5.97 Å². The maximum Gasteiger partial charge on any atom is 0.341 e. The van der Waals surface area contributed by atoms with E-state index in [4.69, 9.17) is 15.2 Å². The van der Waals surface area contributed by atoms with Gasteiger partial charge in [-0.1, -0.05) is 0 Å². The highest BCUT2D eigenvalue weighted by molar-refractivity contribution is 5.95. The van der Waals surface area contributed by atoms with Crippen molar-refractivity contribution in [2.75, 3.05) is 31.3 Å². The van der Waals surface area contributed by atoms with Gasteiger partial charge in [0.05, 0.1) is 24.6 Å². The molecule has 6 nitrogen and oxygen atoms in total. The summed E-state index contributed by atoms with van der Waals surface area (Å²) in [6, 6.07) is 1.55. The molecule has 19 heavy (non-hydrogen) atoms. The quantitative estimate of drug-likeness (QED) is 0.801. The predicted octanol–water partition coefficient (Wildman–Crippen LogP) is 1.43. The van der Waals surface area contributed by atoms with Gasteiger partial charge in [0.1, 0.15) is 11.4 Å². The molecule has 2 heterocycles. The van der Waals surface area contributed by atoms with Crippen LogP contribution in [0.3, 0.4) is 0 Å². The van der Waals surface area contributed by atoms with Gasteiger partial charge in [-0.3, -0.25) is 0 Å². The summed E-state index contributed by atoms with van der Waals surface area (Å²) in [4.78, 5) is 15.8. The van der Waals surface area contributed by atoms with Crippen LogP contribution >= 0.6 is 0 Å². The van der Waals surface area contributed by atoms with Gasteiger partial charge in [-0.2, -0.15) is 0 Å². The molecule has 0 saturated carbocycles. The smallest absolute Gasteiger partial charge is 0.341 e. The highest BCUT2D eigenvalue weighted by Gasteiger charge is 2.30. The minimum Gasteiger partial charge on any atom is -0.465 e. The number of nitrogens with zero attached hydrogens (tertiary/aromatic N) is 1. The molecule has 1 fully saturated rings. The van der Waals surface area contributed by atoms with E-state index in [-0.39, 0.29) is 5.60 Å². The highest BCUT2D eigenvalue weighted by atomic mass is 16.5. The number of aromatic nitrogens is 1. The first-order valence-electron chi connectivity index (χ1n) is 6.26. The van der Waals surface area contributed by atoms with Crippen molar-refractivity contribution in [3.8, 4) is 0 Å². The van der Waals surface area contributed by atoms with Crippen molar-refractivity contribution in [3.05, 3.63) is 17.8 Å². The number of esters is 1. The number of pyridine rings is 1. The van der Waals surface area contributed by atoms with Crippen molar-refractivity contribution >= 4 is 17.5 Å². The monoisotopic (exact) mass is 265 g/mol. The van der Waals surface area contributed by atoms with Crippen LogP contribution in [0.4, 0.5) is 11.5 Å². The third-order valence-electron chi connectivity index (χ3n) is 3.24. The molecule has 0 radical (unpaired) electrons. The maximum absolute atomic E-state index is 11.7. The lowest BCUT2D eigenvalue weighted by Crippen LogP contribution is -2.33. The zero-order chi connectivity index (χ0) is 13.9. The summed E-state index contributed by atoms with van der Waals surface area (Å²) in [5.41, 5.74) is 6.19. The molecule has 6 heteroatoms. The Kier molecular flexibility index (Phi) is 3.90. The first-order valence-corrected chi connectivity index (χ1v) is 6.26. The lowest BCUT2D eigenvalue weighted by atomic mass is 10.0. The number of anilines is 2. The van der Waals surface area contributed by atoms with Crippen molar-refractivity contribution in [1.29, 1.82) is 0 Å². The van der Waals surface area contributed by atoms with Crippen LogP contribution in [-0.4, -0.2) is 36.8 Å². The molecule has 1 aromatic heterocycles. The molecule has 1 aromatic rings. The Bertz CT molecular complexity index is 470. The molecule has 1 atom stereocenters. The van der Waals surface area contributed by atoms with Crippen molar-refractivity contribution in [2.24, 2.45) is 0 Å². The molecule has 0 aromatic carbocycles. The van der Waals surface area contributed by atoms with Gasteiger partial charge in [-0.15, -0.1) is 0 Å². The van der Waals surface area contributed by atoms with E-state index in [9.17, 15) is 4.79 Å². The Morgan fingerprint density at radius 1 is 1.68 bits per heavy atom. The van der Waals surface area contributed by atoms with E-state index in [1.807, 2.05) is 6.92 Å². The minimum atomic E-state index is -0.459. The van der Waals surface area contributed by atoms with Gasteiger partial charge in [0, 0.05) is 13.2 Å². The number of hydrogen-bond acceptors (Lipinski definition) is 6. The number of nitrogen functional groups attached to an aromatic ring is 1. The number of carbonyl (C=O) groups is 1. The van der Waals surface area contributed by atoms with E-state index < -0.39 is 5.97 Å². The van der Waals surface area contributed by atoms with Crippen LogP contribution in [0.5, 0.6) is 0 Å². The average molecular weight is 265 g/mol. The molecule has 1 aliphatic rings. The number of carbonyl (C=O) groups excluding carboxylic acids is 1. The van der Waals surface area contributed by atoms with E-state index in [0.29, 0.717) is 23.6 Å². The van der Waals surface area contributed by atoms with Crippen LogP contribution in [0, 0.1) is 0 Å². The zero-order valence-corrected chi connectivity index (χ0v) is 11.2. The fourth-order valence-corrected chi connectivity index (χ4v) is 2.13. The van der Waals surface area contributed by atoms with Gasteiger partial charge in [-0.25, -0.2) is 9.78 Å². The van der Waals surface area contributed by atoms with Gasteiger partial charge in [0.25, 0.3) is 0 Å².